The van der Waals surface area contributed by atoms with Crippen LogP contribution in [0.2, 0.25) is 0 Å². The Morgan fingerprint density at radius 3 is 2.69 bits per heavy atom. The molecule has 13 heavy (non-hydrogen) atoms. The van der Waals surface area contributed by atoms with Crippen molar-refractivity contribution in [2.75, 3.05) is 0 Å². The van der Waals surface area contributed by atoms with Gasteiger partial charge in [0.05, 0.1) is 0 Å². The Morgan fingerprint density at radius 1 is 1.38 bits per heavy atom. The van der Waals surface area contributed by atoms with Crippen LogP contribution < -0.4 is 0 Å². The van der Waals surface area contributed by atoms with Crippen molar-refractivity contribution in [3.05, 3.63) is 0 Å². The number of ether oxygens (including phenoxy) is 1. The predicted molar refractivity (Wildman–Crippen MR) is 50.2 cm³/mol. The summed E-state index contributed by atoms with van der Waals surface area (Å²) in [6, 6.07) is 0. The van der Waals surface area contributed by atoms with Gasteiger partial charge in [-0.05, 0) is 18.8 Å². The molecule has 3 unspecified atom stereocenters. The number of carbonyl (C=O) groups excluding carboxylic acids is 1. The van der Waals surface area contributed by atoms with Crippen molar-refractivity contribution < 1.29 is 9.53 Å². The Labute approximate surface area is 79.7 Å². The van der Waals surface area contributed by atoms with E-state index in [1.807, 2.05) is 0 Å². The van der Waals surface area contributed by atoms with Crippen molar-refractivity contribution in [2.45, 2.75) is 45.6 Å². The van der Waals surface area contributed by atoms with E-state index in [2.05, 4.69) is 20.8 Å². The first-order valence-electron chi connectivity index (χ1n) is 5.16. The van der Waals surface area contributed by atoms with Gasteiger partial charge in [-0.2, -0.15) is 0 Å². The van der Waals surface area contributed by atoms with Crippen molar-refractivity contribution >= 4 is 6.47 Å². The fourth-order valence-corrected chi connectivity index (χ4v) is 3.36. The van der Waals surface area contributed by atoms with Crippen LogP contribution in [-0.2, 0) is 9.53 Å². The monoisotopic (exact) mass is 182 g/mol. The highest BCUT2D eigenvalue weighted by atomic mass is 16.5. The second-order valence-corrected chi connectivity index (χ2v) is 5.26. The summed E-state index contributed by atoms with van der Waals surface area (Å²) >= 11 is 0. The van der Waals surface area contributed by atoms with E-state index in [1.54, 1.807) is 0 Å². The van der Waals surface area contributed by atoms with Crippen LogP contribution >= 0.6 is 0 Å². The van der Waals surface area contributed by atoms with Gasteiger partial charge in [-0.3, -0.25) is 4.79 Å². The lowest BCUT2D eigenvalue weighted by atomic mass is 9.88. The number of hydrogen-bond donors (Lipinski definition) is 0. The van der Waals surface area contributed by atoms with Gasteiger partial charge in [0.15, 0.2) is 0 Å². The minimum atomic E-state index is -0.105. The molecular weight excluding hydrogens is 164 g/mol. The molecule has 0 aromatic rings. The van der Waals surface area contributed by atoms with E-state index in [0.29, 0.717) is 18.3 Å². The first-order chi connectivity index (χ1) is 6.04. The first kappa shape index (κ1) is 9.04. The van der Waals surface area contributed by atoms with Gasteiger partial charge in [0.1, 0.15) is 5.60 Å². The third-order valence-corrected chi connectivity index (χ3v) is 4.30. The average Bonchev–Trinajstić information content (AvgIpc) is 2.48. The van der Waals surface area contributed by atoms with Crippen molar-refractivity contribution in [3.63, 3.8) is 0 Å². The molecule has 3 atom stereocenters. The van der Waals surface area contributed by atoms with Gasteiger partial charge < -0.3 is 4.74 Å². The summed E-state index contributed by atoms with van der Waals surface area (Å²) < 4.78 is 5.35. The van der Waals surface area contributed by atoms with E-state index in [0.717, 1.165) is 6.42 Å². The molecule has 0 N–H and O–H groups in total. The molecule has 0 radical (unpaired) electrons. The summed E-state index contributed by atoms with van der Waals surface area (Å²) in [5.41, 5.74) is 0.116. The van der Waals surface area contributed by atoms with Gasteiger partial charge in [-0.25, -0.2) is 0 Å². The molecule has 0 bridgehead atoms. The molecule has 0 spiro atoms. The highest BCUT2D eigenvalue weighted by Gasteiger charge is 2.74. The maximum Gasteiger partial charge on any atom is 0.293 e. The van der Waals surface area contributed by atoms with Crippen LogP contribution in [0, 0.1) is 17.3 Å². The molecule has 0 amide bonds. The van der Waals surface area contributed by atoms with Crippen molar-refractivity contribution in [1.29, 1.82) is 0 Å². The minimum Gasteiger partial charge on any atom is -0.460 e. The smallest absolute Gasteiger partial charge is 0.293 e. The fraction of sp³-hybridized carbons (Fsp3) is 0.909. The Morgan fingerprint density at radius 2 is 2.08 bits per heavy atom. The van der Waals surface area contributed by atoms with E-state index >= 15 is 0 Å². The summed E-state index contributed by atoms with van der Waals surface area (Å²) in [6.45, 7) is 7.33. The topological polar surface area (TPSA) is 26.3 Å². The summed E-state index contributed by atoms with van der Waals surface area (Å²) in [4.78, 5) is 10.5. The lowest BCUT2D eigenvalue weighted by Crippen LogP contribution is -2.27. The third kappa shape index (κ3) is 0.976. The van der Waals surface area contributed by atoms with Crippen LogP contribution in [0.1, 0.15) is 40.0 Å². The zero-order valence-corrected chi connectivity index (χ0v) is 8.67. The molecule has 0 aromatic carbocycles. The molecule has 2 rings (SSSR count). The van der Waals surface area contributed by atoms with Gasteiger partial charge in [0, 0.05) is 11.3 Å². The van der Waals surface area contributed by atoms with Gasteiger partial charge in [0.2, 0.25) is 0 Å². The molecule has 0 aromatic heterocycles. The van der Waals surface area contributed by atoms with Crippen molar-refractivity contribution in [1.82, 2.24) is 0 Å². The van der Waals surface area contributed by atoms with Gasteiger partial charge in [-0.1, -0.05) is 27.2 Å². The van der Waals surface area contributed by atoms with E-state index in [9.17, 15) is 4.79 Å². The normalized spacial score (nSPS) is 46.4. The predicted octanol–water partition coefficient (Wildman–Crippen LogP) is 2.37. The Hall–Kier alpha value is -0.530. The Kier molecular flexibility index (Phi) is 1.73. The Balaban J connectivity index is 2.19. The molecule has 2 heteroatoms. The van der Waals surface area contributed by atoms with Crippen LogP contribution in [0.3, 0.4) is 0 Å². The standard InChI is InChI=1S/C11H18O2/c1-8-4-5-9-10(2,3)11(9,6-8)13-7-12/h7-9H,4-6H2,1-3H3. The molecule has 2 aliphatic carbocycles. The summed E-state index contributed by atoms with van der Waals surface area (Å²) in [5, 5.41) is 0. The molecule has 0 aliphatic heterocycles. The second kappa shape index (κ2) is 2.49. The fourth-order valence-electron chi connectivity index (χ4n) is 3.36. The molecule has 2 aliphatic rings. The number of carbonyl (C=O) groups is 1. The second-order valence-electron chi connectivity index (χ2n) is 5.26. The quantitative estimate of drug-likeness (QED) is 0.613. The highest BCUT2D eigenvalue weighted by molar-refractivity contribution is 5.42. The number of rotatable bonds is 2. The Bertz CT molecular complexity index is 234. The lowest BCUT2D eigenvalue weighted by Gasteiger charge is -2.26. The number of fused-ring (bicyclic) bond motifs is 1. The van der Waals surface area contributed by atoms with Crippen LogP contribution in [0.5, 0.6) is 0 Å². The maximum atomic E-state index is 10.5. The SMILES string of the molecule is CC1CCC2C(C)(C)C2(OC=O)C1. The number of hydrogen-bond acceptors (Lipinski definition) is 2. The van der Waals surface area contributed by atoms with Gasteiger partial charge in [0.25, 0.3) is 6.47 Å². The van der Waals surface area contributed by atoms with Crippen molar-refractivity contribution in [3.8, 4) is 0 Å². The summed E-state index contributed by atoms with van der Waals surface area (Å²) in [7, 11) is 0. The highest BCUT2D eigenvalue weighted by Crippen LogP contribution is 2.70. The first-order valence-corrected chi connectivity index (χ1v) is 5.16. The molecule has 74 valence electrons. The van der Waals surface area contributed by atoms with E-state index in [-0.39, 0.29) is 11.0 Å². The van der Waals surface area contributed by atoms with Crippen LogP contribution in [0.15, 0.2) is 0 Å². The molecule has 2 saturated carbocycles. The van der Waals surface area contributed by atoms with E-state index < -0.39 is 0 Å². The van der Waals surface area contributed by atoms with Crippen LogP contribution in [0.25, 0.3) is 0 Å². The maximum absolute atomic E-state index is 10.5. The largest absolute Gasteiger partial charge is 0.460 e. The van der Waals surface area contributed by atoms with Gasteiger partial charge >= 0.3 is 0 Å². The van der Waals surface area contributed by atoms with Crippen molar-refractivity contribution in [2.24, 2.45) is 17.3 Å². The third-order valence-electron chi connectivity index (χ3n) is 4.30. The van der Waals surface area contributed by atoms with Crippen LogP contribution in [0.4, 0.5) is 0 Å². The molecule has 2 fully saturated rings. The molecular formula is C11H18O2. The molecule has 2 nitrogen and oxygen atoms in total. The molecule has 0 heterocycles. The average molecular weight is 182 g/mol. The summed E-state index contributed by atoms with van der Waals surface area (Å²) in [5.74, 6) is 1.32. The van der Waals surface area contributed by atoms with Crippen LogP contribution in [-0.4, -0.2) is 12.1 Å². The minimum absolute atomic E-state index is 0.105. The summed E-state index contributed by atoms with van der Waals surface area (Å²) in [6.07, 6.45) is 3.57. The van der Waals surface area contributed by atoms with E-state index in [4.69, 9.17) is 4.74 Å². The lowest BCUT2D eigenvalue weighted by molar-refractivity contribution is -0.140. The van der Waals surface area contributed by atoms with E-state index in [1.165, 1.54) is 12.8 Å². The molecule has 0 saturated heterocycles. The zero-order chi connectivity index (χ0) is 9.69. The zero-order valence-electron chi connectivity index (χ0n) is 8.67. The van der Waals surface area contributed by atoms with Gasteiger partial charge in [-0.15, -0.1) is 0 Å².